The molecule has 0 bridgehead atoms. The maximum Gasteiger partial charge on any atom is 0.238 e. The van der Waals surface area contributed by atoms with Crippen LogP contribution in [0, 0.1) is 0 Å². The van der Waals surface area contributed by atoms with E-state index < -0.39 is 0 Å². The number of hydrogen-bond donors (Lipinski definition) is 1. The number of nitrogens with zero attached hydrogens (tertiary/aromatic N) is 1. The zero-order valence-corrected chi connectivity index (χ0v) is 15.2. The summed E-state index contributed by atoms with van der Waals surface area (Å²) < 4.78 is 0.656. The zero-order chi connectivity index (χ0) is 17.5. The second-order valence-electron chi connectivity index (χ2n) is 5.60. The Balaban J connectivity index is 1.66. The maximum absolute atomic E-state index is 11.9. The van der Waals surface area contributed by atoms with Crippen LogP contribution < -0.4 is 5.32 Å². The topological polar surface area (TPSA) is 66.5 Å². The molecule has 0 aromatic heterocycles. The quantitative estimate of drug-likeness (QED) is 0.436. The van der Waals surface area contributed by atoms with Crippen LogP contribution in [0.15, 0.2) is 24.3 Å². The van der Waals surface area contributed by atoms with Crippen LogP contribution >= 0.6 is 24.0 Å². The predicted octanol–water partition coefficient (Wildman–Crippen LogP) is 3.25. The second kappa shape index (κ2) is 8.94. The molecule has 7 heteroatoms. The summed E-state index contributed by atoms with van der Waals surface area (Å²) in [5, 5.41) is 2.80. The van der Waals surface area contributed by atoms with Crippen LogP contribution in [-0.2, 0) is 9.59 Å². The Morgan fingerprint density at radius 3 is 2.75 bits per heavy atom. The van der Waals surface area contributed by atoms with Crippen molar-refractivity contribution in [2.45, 2.75) is 32.6 Å². The summed E-state index contributed by atoms with van der Waals surface area (Å²) >= 11 is 6.52. The molecule has 24 heavy (non-hydrogen) atoms. The third-order valence-electron chi connectivity index (χ3n) is 3.68. The predicted molar refractivity (Wildman–Crippen MR) is 100 cm³/mol. The molecule has 0 spiro atoms. The van der Waals surface area contributed by atoms with Crippen molar-refractivity contribution in [3.63, 3.8) is 0 Å². The van der Waals surface area contributed by atoms with Crippen molar-refractivity contribution in [2.75, 3.05) is 17.6 Å². The minimum absolute atomic E-state index is 0.0290. The Morgan fingerprint density at radius 2 is 2.08 bits per heavy atom. The molecule has 0 atom stereocenters. The maximum atomic E-state index is 11.9. The number of Topliss-reactive ketones (excluding diaryl/α,β-unsaturated/α-hetero) is 1. The van der Waals surface area contributed by atoms with Crippen LogP contribution in [0.5, 0.6) is 0 Å². The van der Waals surface area contributed by atoms with Crippen molar-refractivity contribution in [3.8, 4) is 0 Å². The van der Waals surface area contributed by atoms with Gasteiger partial charge in [-0.15, -0.1) is 0 Å². The van der Waals surface area contributed by atoms with E-state index in [0.29, 0.717) is 34.3 Å². The van der Waals surface area contributed by atoms with Gasteiger partial charge in [0.25, 0.3) is 0 Å². The molecule has 1 saturated heterocycles. The summed E-state index contributed by atoms with van der Waals surface area (Å²) in [5.74, 6) is 0.423. The van der Waals surface area contributed by atoms with Crippen LogP contribution in [0.25, 0.3) is 0 Å². The van der Waals surface area contributed by atoms with Gasteiger partial charge in [-0.05, 0) is 31.9 Å². The first-order valence-electron chi connectivity index (χ1n) is 7.85. The second-order valence-corrected chi connectivity index (χ2v) is 7.20. The molecule has 5 nitrogen and oxygen atoms in total. The van der Waals surface area contributed by atoms with Gasteiger partial charge < -0.3 is 5.32 Å². The monoisotopic (exact) mass is 364 g/mol. The van der Waals surface area contributed by atoms with Crippen molar-refractivity contribution in [3.05, 3.63) is 29.8 Å². The number of rotatable bonds is 8. The van der Waals surface area contributed by atoms with Crippen LogP contribution in [0.4, 0.5) is 5.69 Å². The van der Waals surface area contributed by atoms with E-state index in [1.54, 1.807) is 29.2 Å². The summed E-state index contributed by atoms with van der Waals surface area (Å²) in [6.45, 7) is 2.13. The summed E-state index contributed by atoms with van der Waals surface area (Å²) in [4.78, 5) is 36.5. The Kier molecular flexibility index (Phi) is 6.93. The highest BCUT2D eigenvalue weighted by Gasteiger charge is 2.25. The molecule has 0 saturated carbocycles. The van der Waals surface area contributed by atoms with E-state index in [-0.39, 0.29) is 17.6 Å². The number of nitrogens with one attached hydrogen (secondary N) is 1. The number of benzene rings is 1. The van der Waals surface area contributed by atoms with Gasteiger partial charge in [-0.2, -0.15) is 0 Å². The fraction of sp³-hybridized carbons (Fsp3) is 0.412. The molecule has 0 unspecified atom stereocenters. The Bertz CT molecular complexity index is 645. The lowest BCUT2D eigenvalue weighted by Gasteiger charge is -2.14. The summed E-state index contributed by atoms with van der Waals surface area (Å²) in [6, 6.07) is 6.92. The molecular formula is C17H20N2O3S2. The van der Waals surface area contributed by atoms with Crippen LogP contribution in [0.3, 0.4) is 0 Å². The van der Waals surface area contributed by atoms with Crippen LogP contribution in [0.1, 0.15) is 43.0 Å². The van der Waals surface area contributed by atoms with E-state index in [4.69, 9.17) is 12.2 Å². The lowest BCUT2D eigenvalue weighted by molar-refractivity contribution is -0.124. The van der Waals surface area contributed by atoms with E-state index >= 15 is 0 Å². The zero-order valence-electron chi connectivity index (χ0n) is 13.5. The molecule has 0 radical (unpaired) electrons. The Morgan fingerprint density at radius 1 is 1.29 bits per heavy atom. The van der Waals surface area contributed by atoms with E-state index in [0.717, 1.165) is 19.3 Å². The fourth-order valence-corrected chi connectivity index (χ4v) is 3.49. The normalized spacial score (nSPS) is 14.1. The average molecular weight is 364 g/mol. The van der Waals surface area contributed by atoms with Gasteiger partial charge in [-0.1, -0.05) is 42.5 Å². The number of hydrogen-bond acceptors (Lipinski definition) is 5. The number of thiocarbonyl (C=S) groups is 1. The number of thioether (sulfide) groups is 1. The van der Waals surface area contributed by atoms with Crippen LogP contribution in [-0.4, -0.2) is 39.1 Å². The van der Waals surface area contributed by atoms with Gasteiger partial charge in [0.2, 0.25) is 11.8 Å². The number of ketones is 1. The average Bonchev–Trinajstić information content (AvgIpc) is 2.86. The smallest absolute Gasteiger partial charge is 0.238 e. The van der Waals surface area contributed by atoms with Crippen molar-refractivity contribution >= 4 is 51.6 Å². The third kappa shape index (κ3) is 5.42. The van der Waals surface area contributed by atoms with Crippen molar-refractivity contribution < 1.29 is 14.4 Å². The van der Waals surface area contributed by atoms with E-state index in [2.05, 4.69) is 5.32 Å². The van der Waals surface area contributed by atoms with Crippen molar-refractivity contribution in [2.24, 2.45) is 0 Å². The molecule has 1 aliphatic rings. The van der Waals surface area contributed by atoms with Gasteiger partial charge in [-0.25, -0.2) is 0 Å². The number of unbranched alkanes of at least 4 members (excludes halogenated alkanes) is 2. The first-order chi connectivity index (χ1) is 11.5. The molecule has 128 valence electrons. The summed E-state index contributed by atoms with van der Waals surface area (Å²) in [5.41, 5.74) is 1.22. The summed E-state index contributed by atoms with van der Waals surface area (Å²) in [6.07, 6.45) is 2.86. The van der Waals surface area contributed by atoms with E-state index in [1.807, 2.05) is 0 Å². The first kappa shape index (κ1) is 18.6. The van der Waals surface area contributed by atoms with Gasteiger partial charge in [0.15, 0.2) is 5.78 Å². The molecule has 2 amide bonds. The SMILES string of the molecule is CC(=O)c1cccc(NC(=O)CCCCCN2C(=O)CSC2=S)c1. The minimum atomic E-state index is -0.0703. The van der Waals surface area contributed by atoms with E-state index in [9.17, 15) is 14.4 Å². The highest BCUT2D eigenvalue weighted by molar-refractivity contribution is 8.23. The lowest BCUT2D eigenvalue weighted by Crippen LogP contribution is -2.29. The number of carbonyl (C=O) groups excluding carboxylic acids is 3. The van der Waals surface area contributed by atoms with E-state index in [1.165, 1.54) is 18.7 Å². The highest BCUT2D eigenvalue weighted by atomic mass is 32.2. The Hall–Kier alpha value is -1.73. The summed E-state index contributed by atoms with van der Waals surface area (Å²) in [7, 11) is 0. The standard InChI is InChI=1S/C17H20N2O3S2/c1-12(20)13-6-5-7-14(10-13)18-15(21)8-3-2-4-9-19-16(22)11-24-17(19)23/h5-7,10H,2-4,8-9,11H2,1H3,(H,18,21). The number of amides is 2. The molecule has 1 aliphatic heterocycles. The lowest BCUT2D eigenvalue weighted by atomic mass is 10.1. The van der Waals surface area contributed by atoms with Crippen molar-refractivity contribution in [1.82, 2.24) is 4.90 Å². The number of anilines is 1. The third-order valence-corrected chi connectivity index (χ3v) is 5.11. The van der Waals surface area contributed by atoms with Gasteiger partial charge in [-0.3, -0.25) is 19.3 Å². The number of carbonyl (C=O) groups is 3. The molecule has 1 aromatic rings. The fourth-order valence-electron chi connectivity index (χ4n) is 2.37. The van der Waals surface area contributed by atoms with Gasteiger partial charge in [0.1, 0.15) is 4.32 Å². The highest BCUT2D eigenvalue weighted by Crippen LogP contribution is 2.20. The first-order valence-corrected chi connectivity index (χ1v) is 9.25. The minimum Gasteiger partial charge on any atom is -0.326 e. The van der Waals surface area contributed by atoms with Gasteiger partial charge >= 0.3 is 0 Å². The molecular weight excluding hydrogens is 344 g/mol. The molecule has 1 fully saturated rings. The van der Waals surface area contributed by atoms with Gasteiger partial charge in [0.05, 0.1) is 5.75 Å². The molecule has 0 aliphatic carbocycles. The van der Waals surface area contributed by atoms with Gasteiger partial charge in [0, 0.05) is 24.2 Å². The molecule has 1 heterocycles. The molecule has 1 aromatic carbocycles. The molecule has 2 rings (SSSR count). The van der Waals surface area contributed by atoms with Crippen molar-refractivity contribution in [1.29, 1.82) is 0 Å². The Labute approximate surface area is 151 Å². The van der Waals surface area contributed by atoms with Crippen LogP contribution in [0.2, 0.25) is 0 Å². The molecule has 1 N–H and O–H groups in total. The largest absolute Gasteiger partial charge is 0.326 e.